The molecule has 0 unspecified atom stereocenters. The Morgan fingerprint density at radius 3 is 2.74 bits per heavy atom. The van der Waals surface area contributed by atoms with E-state index in [2.05, 4.69) is 49.7 Å². The number of rotatable bonds is 7. The van der Waals surface area contributed by atoms with E-state index in [1.165, 1.54) is 32.1 Å². The van der Waals surface area contributed by atoms with Crippen LogP contribution in [0.2, 0.25) is 0 Å². The second-order valence-corrected chi connectivity index (χ2v) is 8.66. The summed E-state index contributed by atoms with van der Waals surface area (Å²) in [7, 11) is 0. The molecule has 0 amide bonds. The first-order chi connectivity index (χ1) is 16.7. The third-order valence-corrected chi connectivity index (χ3v) is 6.43. The topological polar surface area (TPSA) is 95.2 Å². The van der Waals surface area contributed by atoms with Crippen molar-refractivity contribution >= 4 is 27.8 Å². The van der Waals surface area contributed by atoms with Crippen molar-refractivity contribution in [3.05, 3.63) is 78.9 Å². The molecule has 172 valence electrons. The van der Waals surface area contributed by atoms with Gasteiger partial charge in [0.05, 0.1) is 16.7 Å². The summed E-state index contributed by atoms with van der Waals surface area (Å²) in [6.45, 7) is 10.3. The Morgan fingerprint density at radius 2 is 1.97 bits per heavy atom. The lowest BCUT2D eigenvalue weighted by molar-refractivity contribution is 0.393. The minimum Gasteiger partial charge on any atom is -0.359 e. The Labute approximate surface area is 198 Å². The highest BCUT2D eigenvalue weighted by molar-refractivity contribution is 5.91. The molecule has 0 spiro atoms. The standard InChI is InChI=1S/C27H29N7/c1-4-18(16-20(5-2)29-17(3)19-10-7-6-8-11-19)21-13-14-22-24(30-21)25(34-33-22)27-31-23-12-9-15-28-26(23)32-27/h4-5,9,12-16,19,29H,2-3,6-8,10-11H2,1H3,(H,33,34)(H,28,31,32)/b18-4+,20-16+. The number of imidazole rings is 1. The predicted octanol–water partition coefficient (Wildman–Crippen LogP) is 6.05. The van der Waals surface area contributed by atoms with E-state index in [0.29, 0.717) is 23.1 Å². The normalized spacial score (nSPS) is 15.7. The maximum absolute atomic E-state index is 4.94. The van der Waals surface area contributed by atoms with E-state index in [1.54, 1.807) is 6.20 Å². The van der Waals surface area contributed by atoms with E-state index in [0.717, 1.165) is 39.2 Å². The van der Waals surface area contributed by atoms with Crippen molar-refractivity contribution in [3.8, 4) is 11.5 Å². The zero-order valence-corrected chi connectivity index (χ0v) is 19.4. The molecule has 0 bridgehead atoms. The minimum atomic E-state index is 0.521. The van der Waals surface area contributed by atoms with E-state index in [9.17, 15) is 0 Å². The smallest absolute Gasteiger partial charge is 0.178 e. The van der Waals surface area contributed by atoms with Crippen LogP contribution in [0, 0.1) is 5.92 Å². The number of allylic oxidation sites excluding steroid dienone is 5. The average molecular weight is 452 g/mol. The molecule has 0 atom stereocenters. The first-order valence-corrected chi connectivity index (χ1v) is 11.8. The van der Waals surface area contributed by atoms with Gasteiger partial charge in [0, 0.05) is 17.6 Å². The zero-order valence-electron chi connectivity index (χ0n) is 19.4. The molecule has 4 aromatic heterocycles. The largest absolute Gasteiger partial charge is 0.359 e. The van der Waals surface area contributed by atoms with Gasteiger partial charge < -0.3 is 10.3 Å². The summed E-state index contributed by atoms with van der Waals surface area (Å²) in [5.74, 6) is 1.16. The van der Waals surface area contributed by atoms with Crippen molar-refractivity contribution in [1.82, 2.24) is 35.5 Å². The SMILES string of the molecule is C=C/C(=C\C(=C/C)c1ccc2[nH]nc(-c3nc4ncccc4[nH]3)c2n1)NC(=C)C1CCCCC1. The second kappa shape index (κ2) is 9.47. The molecule has 7 heteroatoms. The second-order valence-electron chi connectivity index (χ2n) is 8.66. The molecule has 1 aliphatic rings. The molecule has 1 fully saturated rings. The number of nitrogens with one attached hydrogen (secondary N) is 3. The summed E-state index contributed by atoms with van der Waals surface area (Å²) < 4.78 is 0. The van der Waals surface area contributed by atoms with Gasteiger partial charge in [-0.25, -0.2) is 15.0 Å². The van der Waals surface area contributed by atoms with Crippen molar-refractivity contribution in [2.75, 3.05) is 0 Å². The first-order valence-electron chi connectivity index (χ1n) is 11.8. The van der Waals surface area contributed by atoms with Crippen molar-refractivity contribution in [1.29, 1.82) is 0 Å². The number of aromatic amines is 2. The van der Waals surface area contributed by atoms with Crippen LogP contribution in [0.3, 0.4) is 0 Å². The van der Waals surface area contributed by atoms with Crippen molar-refractivity contribution in [2.45, 2.75) is 39.0 Å². The third kappa shape index (κ3) is 4.29. The average Bonchev–Trinajstić information content (AvgIpc) is 3.50. The van der Waals surface area contributed by atoms with E-state index >= 15 is 0 Å². The van der Waals surface area contributed by atoms with Crippen LogP contribution in [0.1, 0.15) is 44.7 Å². The number of hydrogen-bond donors (Lipinski definition) is 3. The van der Waals surface area contributed by atoms with Crippen LogP contribution in [0.15, 0.2) is 73.2 Å². The highest BCUT2D eigenvalue weighted by Gasteiger charge is 2.18. The van der Waals surface area contributed by atoms with E-state index in [-0.39, 0.29) is 0 Å². The zero-order chi connectivity index (χ0) is 23.5. The summed E-state index contributed by atoms with van der Waals surface area (Å²) in [4.78, 5) is 17.1. The number of nitrogens with zero attached hydrogens (tertiary/aromatic N) is 4. The van der Waals surface area contributed by atoms with Crippen LogP contribution in [-0.4, -0.2) is 30.1 Å². The molecule has 0 aromatic carbocycles. The first kappa shape index (κ1) is 21.8. The van der Waals surface area contributed by atoms with Gasteiger partial charge in [0.25, 0.3) is 0 Å². The van der Waals surface area contributed by atoms with Gasteiger partial charge in [-0.2, -0.15) is 5.10 Å². The van der Waals surface area contributed by atoms with Crippen molar-refractivity contribution in [3.63, 3.8) is 0 Å². The van der Waals surface area contributed by atoms with Gasteiger partial charge in [0.1, 0.15) is 5.52 Å². The Hall–Kier alpha value is -4.00. The molecule has 0 saturated heterocycles. The van der Waals surface area contributed by atoms with Crippen LogP contribution in [0.25, 0.3) is 39.3 Å². The lowest BCUT2D eigenvalue weighted by Gasteiger charge is -2.25. The Morgan fingerprint density at radius 1 is 1.12 bits per heavy atom. The van der Waals surface area contributed by atoms with Crippen molar-refractivity contribution in [2.24, 2.45) is 5.92 Å². The fourth-order valence-corrected chi connectivity index (χ4v) is 4.54. The lowest BCUT2D eigenvalue weighted by atomic mass is 9.87. The molecular formula is C27H29N7. The third-order valence-electron chi connectivity index (χ3n) is 6.43. The van der Waals surface area contributed by atoms with Crippen LogP contribution in [0.4, 0.5) is 0 Å². The minimum absolute atomic E-state index is 0.521. The van der Waals surface area contributed by atoms with Gasteiger partial charge in [0.15, 0.2) is 17.2 Å². The maximum Gasteiger partial charge on any atom is 0.178 e. The number of aromatic nitrogens is 6. The number of pyridine rings is 2. The number of hydrogen-bond acceptors (Lipinski definition) is 5. The molecular weight excluding hydrogens is 422 g/mol. The maximum atomic E-state index is 4.94. The van der Waals surface area contributed by atoms with Crippen molar-refractivity contribution < 1.29 is 0 Å². The monoisotopic (exact) mass is 451 g/mol. The summed E-state index contributed by atoms with van der Waals surface area (Å²) in [5, 5.41) is 11.0. The molecule has 4 heterocycles. The van der Waals surface area contributed by atoms with Crippen LogP contribution in [-0.2, 0) is 0 Å². The van der Waals surface area contributed by atoms with Gasteiger partial charge in [-0.05, 0) is 67.7 Å². The van der Waals surface area contributed by atoms with Gasteiger partial charge >= 0.3 is 0 Å². The Bertz CT molecular complexity index is 1380. The highest BCUT2D eigenvalue weighted by Crippen LogP contribution is 2.29. The molecule has 5 rings (SSSR count). The van der Waals surface area contributed by atoms with E-state index in [1.807, 2.05) is 43.3 Å². The summed E-state index contributed by atoms with van der Waals surface area (Å²) in [6, 6.07) is 7.81. The van der Waals surface area contributed by atoms with Gasteiger partial charge in [-0.15, -0.1) is 0 Å². The van der Waals surface area contributed by atoms with Crippen LogP contribution >= 0.6 is 0 Å². The molecule has 0 aliphatic heterocycles. The van der Waals surface area contributed by atoms with Gasteiger partial charge in [0.2, 0.25) is 0 Å². The Kier molecular flexibility index (Phi) is 6.08. The fourth-order valence-electron chi connectivity index (χ4n) is 4.54. The molecule has 1 aliphatic carbocycles. The molecule has 3 N–H and O–H groups in total. The molecule has 1 saturated carbocycles. The molecule has 34 heavy (non-hydrogen) atoms. The lowest BCUT2D eigenvalue weighted by Crippen LogP contribution is -2.20. The van der Waals surface area contributed by atoms with E-state index < -0.39 is 0 Å². The Balaban J connectivity index is 1.45. The number of H-pyrrole nitrogens is 2. The van der Waals surface area contributed by atoms with Gasteiger partial charge in [-0.1, -0.05) is 38.5 Å². The van der Waals surface area contributed by atoms with E-state index in [4.69, 9.17) is 4.98 Å². The molecule has 7 nitrogen and oxygen atoms in total. The van der Waals surface area contributed by atoms with Crippen LogP contribution < -0.4 is 5.32 Å². The highest BCUT2D eigenvalue weighted by atomic mass is 15.2. The van der Waals surface area contributed by atoms with Crippen LogP contribution in [0.5, 0.6) is 0 Å². The summed E-state index contributed by atoms with van der Waals surface area (Å²) >= 11 is 0. The molecule has 4 aromatic rings. The quantitative estimate of drug-likeness (QED) is 0.297. The summed E-state index contributed by atoms with van der Waals surface area (Å²) in [6.07, 6.45) is 14.0. The fraction of sp³-hybridized carbons (Fsp3) is 0.259. The van der Waals surface area contributed by atoms with Gasteiger partial charge in [-0.3, -0.25) is 5.10 Å². The number of fused-ring (bicyclic) bond motifs is 2. The molecule has 0 radical (unpaired) electrons. The summed E-state index contributed by atoms with van der Waals surface area (Å²) in [5.41, 5.74) is 7.60. The predicted molar refractivity (Wildman–Crippen MR) is 138 cm³/mol.